The lowest BCUT2D eigenvalue weighted by Crippen LogP contribution is -2.36. The first kappa shape index (κ1) is 15.5. The SMILES string of the molecule is CN(CC(C)(C)O)c1ccc(C=O)c(C(F)(F)F)c1. The normalized spacial score (nSPS) is 12.4. The van der Waals surface area contributed by atoms with E-state index < -0.39 is 22.9 Å². The average molecular weight is 275 g/mol. The van der Waals surface area contributed by atoms with Gasteiger partial charge in [0.2, 0.25) is 0 Å². The Hall–Kier alpha value is -1.56. The van der Waals surface area contributed by atoms with Crippen molar-refractivity contribution in [3.8, 4) is 0 Å². The number of hydrogen-bond acceptors (Lipinski definition) is 3. The highest BCUT2D eigenvalue weighted by molar-refractivity contribution is 5.79. The van der Waals surface area contributed by atoms with Crippen LogP contribution in [0.2, 0.25) is 0 Å². The van der Waals surface area contributed by atoms with Crippen molar-refractivity contribution < 1.29 is 23.1 Å². The Labute approximate surface area is 109 Å². The summed E-state index contributed by atoms with van der Waals surface area (Å²) < 4.78 is 38.4. The molecule has 0 bridgehead atoms. The monoisotopic (exact) mass is 275 g/mol. The number of carbonyl (C=O) groups is 1. The van der Waals surface area contributed by atoms with Crippen molar-refractivity contribution in [1.82, 2.24) is 0 Å². The van der Waals surface area contributed by atoms with E-state index in [1.54, 1.807) is 20.9 Å². The summed E-state index contributed by atoms with van der Waals surface area (Å²) in [5, 5.41) is 9.66. The van der Waals surface area contributed by atoms with E-state index in [1.807, 2.05) is 0 Å². The van der Waals surface area contributed by atoms with Gasteiger partial charge in [-0.25, -0.2) is 0 Å². The molecule has 6 heteroatoms. The fourth-order valence-electron chi connectivity index (χ4n) is 1.80. The van der Waals surface area contributed by atoms with Crippen LogP contribution in [0.3, 0.4) is 0 Å². The number of nitrogens with zero attached hydrogens (tertiary/aromatic N) is 1. The lowest BCUT2D eigenvalue weighted by Gasteiger charge is -2.28. The van der Waals surface area contributed by atoms with Gasteiger partial charge in [-0.2, -0.15) is 13.2 Å². The predicted octanol–water partition coefficient (Wildman–Crippen LogP) is 2.73. The molecule has 0 spiro atoms. The number of anilines is 1. The van der Waals surface area contributed by atoms with Crippen molar-refractivity contribution in [2.24, 2.45) is 0 Å². The first-order valence-corrected chi connectivity index (χ1v) is 5.64. The molecule has 1 N–H and O–H groups in total. The predicted molar refractivity (Wildman–Crippen MR) is 66.4 cm³/mol. The fourth-order valence-corrected chi connectivity index (χ4v) is 1.80. The lowest BCUT2D eigenvalue weighted by molar-refractivity contribution is -0.137. The van der Waals surface area contributed by atoms with Crippen LogP contribution in [0.1, 0.15) is 29.8 Å². The Bertz CT molecular complexity index is 464. The van der Waals surface area contributed by atoms with Gasteiger partial charge in [-0.1, -0.05) is 0 Å². The van der Waals surface area contributed by atoms with E-state index in [0.29, 0.717) is 5.69 Å². The van der Waals surface area contributed by atoms with Crippen LogP contribution in [-0.2, 0) is 6.18 Å². The smallest absolute Gasteiger partial charge is 0.389 e. The van der Waals surface area contributed by atoms with E-state index in [0.717, 1.165) is 12.1 Å². The van der Waals surface area contributed by atoms with E-state index in [9.17, 15) is 23.1 Å². The van der Waals surface area contributed by atoms with Gasteiger partial charge in [0.05, 0.1) is 11.2 Å². The summed E-state index contributed by atoms with van der Waals surface area (Å²) in [5.41, 5.74) is -2.10. The summed E-state index contributed by atoms with van der Waals surface area (Å²) in [6.45, 7) is 3.30. The molecule has 0 heterocycles. The van der Waals surface area contributed by atoms with Crippen LogP contribution < -0.4 is 4.90 Å². The average Bonchev–Trinajstić information content (AvgIpc) is 2.24. The van der Waals surface area contributed by atoms with E-state index in [-0.39, 0.29) is 12.8 Å². The molecule has 0 atom stereocenters. The molecule has 0 fully saturated rings. The summed E-state index contributed by atoms with van der Waals surface area (Å²) in [6.07, 6.45) is -4.40. The van der Waals surface area contributed by atoms with Crippen LogP contribution in [0, 0.1) is 0 Å². The number of carbonyl (C=O) groups excluding carboxylic acids is 1. The number of benzene rings is 1. The summed E-state index contributed by atoms with van der Waals surface area (Å²) in [4.78, 5) is 12.1. The second-order valence-electron chi connectivity index (χ2n) is 5.06. The number of rotatable bonds is 4. The zero-order chi connectivity index (χ0) is 14.8. The quantitative estimate of drug-likeness (QED) is 0.859. The molecule has 19 heavy (non-hydrogen) atoms. The number of aliphatic hydroxyl groups is 1. The number of alkyl halides is 3. The fraction of sp³-hybridized carbons (Fsp3) is 0.462. The van der Waals surface area contributed by atoms with Crippen molar-refractivity contribution in [2.75, 3.05) is 18.5 Å². The minimum Gasteiger partial charge on any atom is -0.389 e. The Morgan fingerprint density at radius 1 is 1.32 bits per heavy atom. The summed E-state index contributed by atoms with van der Waals surface area (Å²) >= 11 is 0. The maximum Gasteiger partial charge on any atom is 0.417 e. The van der Waals surface area contributed by atoms with Crippen LogP contribution in [0.4, 0.5) is 18.9 Å². The third-order valence-corrected chi connectivity index (χ3v) is 2.53. The van der Waals surface area contributed by atoms with Gasteiger partial charge in [0, 0.05) is 24.8 Å². The largest absolute Gasteiger partial charge is 0.417 e. The highest BCUT2D eigenvalue weighted by Gasteiger charge is 2.34. The third kappa shape index (κ3) is 4.24. The molecule has 0 saturated carbocycles. The maximum absolute atomic E-state index is 12.8. The van der Waals surface area contributed by atoms with Crippen LogP contribution in [0.5, 0.6) is 0 Å². The van der Waals surface area contributed by atoms with E-state index in [2.05, 4.69) is 0 Å². The Balaban J connectivity index is 3.15. The van der Waals surface area contributed by atoms with Gasteiger partial charge in [-0.15, -0.1) is 0 Å². The van der Waals surface area contributed by atoms with Crippen molar-refractivity contribution in [3.05, 3.63) is 29.3 Å². The molecule has 0 unspecified atom stereocenters. The topological polar surface area (TPSA) is 40.5 Å². The van der Waals surface area contributed by atoms with Crippen LogP contribution >= 0.6 is 0 Å². The molecule has 3 nitrogen and oxygen atoms in total. The summed E-state index contributed by atoms with van der Waals surface area (Å²) in [5.74, 6) is 0. The number of halogens is 3. The van der Waals surface area contributed by atoms with Crippen molar-refractivity contribution >= 4 is 12.0 Å². The molecular weight excluding hydrogens is 259 g/mol. The lowest BCUT2D eigenvalue weighted by atomic mass is 10.1. The Morgan fingerprint density at radius 3 is 2.32 bits per heavy atom. The van der Waals surface area contributed by atoms with Crippen molar-refractivity contribution in [3.63, 3.8) is 0 Å². The first-order chi connectivity index (χ1) is 8.54. The molecule has 106 valence electrons. The number of aldehydes is 1. The molecule has 1 rings (SSSR count). The summed E-state index contributed by atoms with van der Waals surface area (Å²) in [6, 6.07) is 3.46. The standard InChI is InChI=1S/C13H16F3NO2/c1-12(2,19)8-17(3)10-5-4-9(7-18)11(6-10)13(14,15)16/h4-7,19H,8H2,1-3H3. The molecule has 1 aromatic carbocycles. The molecule has 0 amide bonds. The first-order valence-electron chi connectivity index (χ1n) is 5.64. The Kier molecular flexibility index (Phi) is 4.25. The van der Waals surface area contributed by atoms with Gasteiger partial charge in [0.15, 0.2) is 6.29 Å². The zero-order valence-electron chi connectivity index (χ0n) is 11.0. The van der Waals surface area contributed by atoms with Gasteiger partial charge >= 0.3 is 6.18 Å². The minimum atomic E-state index is -4.58. The second kappa shape index (κ2) is 5.21. The highest BCUT2D eigenvalue weighted by atomic mass is 19.4. The van der Waals surface area contributed by atoms with E-state index in [1.165, 1.54) is 11.0 Å². The second-order valence-corrected chi connectivity index (χ2v) is 5.06. The molecule has 1 aromatic rings. The van der Waals surface area contributed by atoms with Crippen LogP contribution in [0.15, 0.2) is 18.2 Å². The van der Waals surface area contributed by atoms with Gasteiger partial charge in [0.25, 0.3) is 0 Å². The third-order valence-electron chi connectivity index (χ3n) is 2.53. The van der Waals surface area contributed by atoms with Crippen molar-refractivity contribution in [2.45, 2.75) is 25.6 Å². The van der Waals surface area contributed by atoms with Gasteiger partial charge < -0.3 is 10.0 Å². The maximum atomic E-state index is 12.8. The molecule has 0 aliphatic carbocycles. The highest BCUT2D eigenvalue weighted by Crippen LogP contribution is 2.34. The number of likely N-dealkylation sites (N-methyl/N-ethyl adjacent to an activating group) is 1. The van der Waals surface area contributed by atoms with Crippen LogP contribution in [0.25, 0.3) is 0 Å². The number of hydrogen-bond donors (Lipinski definition) is 1. The molecule has 0 aliphatic rings. The van der Waals surface area contributed by atoms with Gasteiger partial charge in [-0.05, 0) is 32.0 Å². The molecule has 0 aliphatic heterocycles. The molecule has 0 radical (unpaired) electrons. The van der Waals surface area contributed by atoms with E-state index in [4.69, 9.17) is 0 Å². The summed E-state index contributed by atoms with van der Waals surface area (Å²) in [7, 11) is 1.58. The Morgan fingerprint density at radius 2 is 1.89 bits per heavy atom. The molecular formula is C13H16F3NO2. The van der Waals surface area contributed by atoms with Crippen LogP contribution in [-0.4, -0.2) is 30.6 Å². The van der Waals surface area contributed by atoms with Gasteiger partial charge in [-0.3, -0.25) is 4.79 Å². The van der Waals surface area contributed by atoms with Crippen molar-refractivity contribution in [1.29, 1.82) is 0 Å². The molecule has 0 aromatic heterocycles. The van der Waals surface area contributed by atoms with E-state index >= 15 is 0 Å². The molecule has 0 saturated heterocycles. The van der Waals surface area contributed by atoms with Gasteiger partial charge in [0.1, 0.15) is 0 Å². The zero-order valence-corrected chi connectivity index (χ0v) is 11.0. The minimum absolute atomic E-state index is 0.171.